The second kappa shape index (κ2) is 4.84. The first kappa shape index (κ1) is 15.3. The standard InChI is InChI=1S/C25H18N3O/c1-13-10-17-16-6-4-5-7-19(16)28-22(17)20(14(13)2)23-21-18(26-12-27(23)3)11-15-8-9-29-25(15)24(21)28/h4-12H,1-3H3/q+1. The Balaban J connectivity index is 2.06. The number of para-hydroxylation sites is 1. The molecule has 138 valence electrons. The highest BCUT2D eigenvalue weighted by atomic mass is 16.3. The van der Waals surface area contributed by atoms with E-state index in [9.17, 15) is 0 Å². The fourth-order valence-electron chi connectivity index (χ4n) is 5.19. The number of furan rings is 1. The van der Waals surface area contributed by atoms with Gasteiger partial charge in [0, 0.05) is 22.2 Å². The lowest BCUT2D eigenvalue weighted by molar-refractivity contribution is -0.646. The van der Waals surface area contributed by atoms with Crippen LogP contribution in [-0.2, 0) is 7.05 Å². The fraction of sp³-hybridized carbons (Fsp3) is 0.120. The van der Waals surface area contributed by atoms with Gasteiger partial charge in [-0.1, -0.05) is 18.2 Å². The molecule has 29 heavy (non-hydrogen) atoms. The number of hydrogen-bond acceptors (Lipinski definition) is 2. The molecule has 0 atom stereocenters. The van der Waals surface area contributed by atoms with E-state index in [2.05, 4.69) is 66.3 Å². The van der Waals surface area contributed by atoms with E-state index >= 15 is 0 Å². The summed E-state index contributed by atoms with van der Waals surface area (Å²) in [5, 5.41) is 6.09. The average molecular weight is 376 g/mol. The number of aromatic nitrogens is 3. The molecule has 0 bridgehead atoms. The second-order valence-electron chi connectivity index (χ2n) is 8.10. The van der Waals surface area contributed by atoms with Crippen LogP contribution >= 0.6 is 0 Å². The van der Waals surface area contributed by atoms with Crippen LogP contribution in [0.25, 0.3) is 60.1 Å². The third-order valence-electron chi connectivity index (χ3n) is 6.59. The topological polar surface area (TPSA) is 34.3 Å². The van der Waals surface area contributed by atoms with Gasteiger partial charge in [-0.2, -0.15) is 0 Å². The van der Waals surface area contributed by atoms with Crippen LogP contribution in [0.1, 0.15) is 11.1 Å². The summed E-state index contributed by atoms with van der Waals surface area (Å²) < 4.78 is 10.6. The molecule has 0 unspecified atom stereocenters. The Morgan fingerprint density at radius 3 is 2.72 bits per heavy atom. The smallest absolute Gasteiger partial charge is 0.287 e. The molecule has 0 amide bonds. The first-order valence-electron chi connectivity index (χ1n) is 9.88. The normalized spacial score (nSPS) is 12.7. The minimum absolute atomic E-state index is 0.915. The molecule has 0 aliphatic heterocycles. The lowest BCUT2D eigenvalue weighted by atomic mass is 9.97. The number of nitrogens with zero attached hydrogens (tertiary/aromatic N) is 3. The molecule has 0 saturated carbocycles. The van der Waals surface area contributed by atoms with E-state index in [0.717, 1.165) is 27.4 Å². The maximum absolute atomic E-state index is 6.04. The average Bonchev–Trinajstić information content (AvgIpc) is 3.32. The predicted molar refractivity (Wildman–Crippen MR) is 117 cm³/mol. The zero-order valence-electron chi connectivity index (χ0n) is 16.4. The van der Waals surface area contributed by atoms with Crippen LogP contribution in [0.5, 0.6) is 0 Å². The summed E-state index contributed by atoms with van der Waals surface area (Å²) in [6.07, 6.45) is 3.71. The van der Waals surface area contributed by atoms with Crippen molar-refractivity contribution in [1.82, 2.24) is 9.38 Å². The lowest BCUT2D eigenvalue weighted by Crippen LogP contribution is -2.30. The summed E-state index contributed by atoms with van der Waals surface area (Å²) in [5.74, 6) is 0. The number of rotatable bonds is 0. The van der Waals surface area contributed by atoms with Gasteiger partial charge in [-0.25, -0.2) is 4.57 Å². The predicted octanol–water partition coefficient (Wildman–Crippen LogP) is 5.57. The van der Waals surface area contributed by atoms with Crippen molar-refractivity contribution < 1.29 is 8.98 Å². The molecule has 3 aromatic carbocycles. The molecule has 0 spiro atoms. The Morgan fingerprint density at radius 1 is 0.966 bits per heavy atom. The van der Waals surface area contributed by atoms with Crippen molar-refractivity contribution in [3.05, 3.63) is 66.2 Å². The van der Waals surface area contributed by atoms with Gasteiger partial charge in [-0.15, -0.1) is 0 Å². The number of aryl methyl sites for hydroxylation is 3. The van der Waals surface area contributed by atoms with Crippen LogP contribution in [0.2, 0.25) is 0 Å². The summed E-state index contributed by atoms with van der Waals surface area (Å²) in [6.45, 7) is 4.44. The Hall–Kier alpha value is -3.66. The Bertz CT molecular complexity index is 1790. The zero-order valence-corrected chi connectivity index (χ0v) is 16.4. The zero-order chi connectivity index (χ0) is 19.4. The van der Waals surface area contributed by atoms with E-state index in [4.69, 9.17) is 9.40 Å². The third-order valence-corrected chi connectivity index (χ3v) is 6.59. The molecule has 7 aromatic rings. The molecule has 7 rings (SSSR count). The summed E-state index contributed by atoms with van der Waals surface area (Å²) in [6, 6.07) is 15.2. The van der Waals surface area contributed by atoms with Gasteiger partial charge in [0.15, 0.2) is 11.1 Å². The van der Waals surface area contributed by atoms with Crippen LogP contribution in [-0.4, -0.2) is 9.38 Å². The lowest BCUT2D eigenvalue weighted by Gasteiger charge is -2.14. The van der Waals surface area contributed by atoms with Gasteiger partial charge in [-0.05, 0) is 48.2 Å². The van der Waals surface area contributed by atoms with Gasteiger partial charge in [0.25, 0.3) is 6.33 Å². The maximum Gasteiger partial charge on any atom is 0.287 e. The van der Waals surface area contributed by atoms with Crippen molar-refractivity contribution in [2.75, 3.05) is 0 Å². The summed E-state index contributed by atoms with van der Waals surface area (Å²) in [7, 11) is 2.09. The highest BCUT2D eigenvalue weighted by Gasteiger charge is 2.26. The van der Waals surface area contributed by atoms with E-state index in [1.54, 1.807) is 6.26 Å². The molecule has 0 N–H and O–H groups in total. The van der Waals surface area contributed by atoms with Gasteiger partial charge in [-0.3, -0.25) is 0 Å². The van der Waals surface area contributed by atoms with E-state index in [-0.39, 0.29) is 0 Å². The fourth-order valence-corrected chi connectivity index (χ4v) is 5.19. The van der Waals surface area contributed by atoms with Crippen molar-refractivity contribution in [1.29, 1.82) is 0 Å². The van der Waals surface area contributed by atoms with Gasteiger partial charge >= 0.3 is 0 Å². The monoisotopic (exact) mass is 376 g/mol. The molecule has 0 fully saturated rings. The minimum atomic E-state index is 0.915. The highest BCUT2D eigenvalue weighted by molar-refractivity contribution is 6.28. The molecular weight excluding hydrogens is 358 g/mol. The minimum Gasteiger partial charge on any atom is -0.462 e. The SMILES string of the molecule is Cc1cc2c3ccccc3n3c2c(c1C)c1c2c(cc4ccoc4c23)nc[n+]1C. The summed E-state index contributed by atoms with van der Waals surface area (Å²) in [4.78, 5) is 4.78. The second-order valence-corrected chi connectivity index (χ2v) is 8.10. The van der Waals surface area contributed by atoms with Crippen molar-refractivity contribution in [2.24, 2.45) is 7.05 Å². The maximum atomic E-state index is 6.04. The van der Waals surface area contributed by atoms with Crippen molar-refractivity contribution in [3.8, 4) is 0 Å². The quantitative estimate of drug-likeness (QED) is 0.197. The molecule has 0 radical (unpaired) electrons. The number of pyridine rings is 1. The van der Waals surface area contributed by atoms with Crippen LogP contribution in [0.4, 0.5) is 0 Å². The van der Waals surface area contributed by atoms with Crippen molar-refractivity contribution >= 4 is 60.1 Å². The van der Waals surface area contributed by atoms with Crippen LogP contribution in [0, 0.1) is 13.8 Å². The first-order valence-corrected chi connectivity index (χ1v) is 9.88. The van der Waals surface area contributed by atoms with Crippen LogP contribution in [0.3, 0.4) is 0 Å². The van der Waals surface area contributed by atoms with Gasteiger partial charge < -0.3 is 8.82 Å². The molecule has 4 heterocycles. The number of hydrogen-bond donors (Lipinski definition) is 0. The first-order chi connectivity index (χ1) is 14.1. The van der Waals surface area contributed by atoms with Crippen molar-refractivity contribution in [2.45, 2.75) is 13.8 Å². The molecule has 0 aliphatic rings. The molecular formula is C25H18N3O+. The molecule has 4 heteroatoms. The third kappa shape index (κ3) is 1.63. The van der Waals surface area contributed by atoms with Crippen molar-refractivity contribution in [3.63, 3.8) is 0 Å². The van der Waals surface area contributed by atoms with Crippen LogP contribution < -0.4 is 4.57 Å². The molecule has 4 aromatic heterocycles. The van der Waals surface area contributed by atoms with Gasteiger partial charge in [0.05, 0.1) is 29.7 Å². The van der Waals surface area contributed by atoms with Gasteiger partial charge in [0.2, 0.25) is 0 Å². The highest BCUT2D eigenvalue weighted by Crippen LogP contribution is 2.43. The summed E-state index contributed by atoms with van der Waals surface area (Å²) in [5.41, 5.74) is 9.31. The Kier molecular flexibility index (Phi) is 2.55. The number of fused-ring (bicyclic) bond motifs is 7. The Morgan fingerprint density at radius 2 is 1.83 bits per heavy atom. The van der Waals surface area contributed by atoms with Crippen LogP contribution in [0.15, 0.2) is 59.5 Å². The van der Waals surface area contributed by atoms with E-state index in [1.165, 1.54) is 43.8 Å². The molecule has 0 saturated heterocycles. The summed E-state index contributed by atoms with van der Waals surface area (Å²) >= 11 is 0. The van der Waals surface area contributed by atoms with E-state index in [1.807, 2.05) is 12.4 Å². The van der Waals surface area contributed by atoms with Gasteiger partial charge in [0.1, 0.15) is 16.4 Å². The molecule has 0 aliphatic carbocycles. The van der Waals surface area contributed by atoms with E-state index in [0.29, 0.717) is 0 Å². The number of benzene rings is 3. The molecule has 4 nitrogen and oxygen atoms in total. The van der Waals surface area contributed by atoms with E-state index < -0.39 is 0 Å². The largest absolute Gasteiger partial charge is 0.462 e. The Labute approximate surface area is 165 Å².